The van der Waals surface area contributed by atoms with Gasteiger partial charge in [0, 0.05) is 39.1 Å². The molecule has 0 atom stereocenters. The fourth-order valence-electron chi connectivity index (χ4n) is 3.14. The van der Waals surface area contributed by atoms with Crippen LogP contribution in [-0.4, -0.2) is 59.5 Å². The zero-order chi connectivity index (χ0) is 18.8. The molecule has 1 aliphatic heterocycles. The molecule has 0 unspecified atom stereocenters. The maximum Gasteiger partial charge on any atom is 0.193 e. The van der Waals surface area contributed by atoms with Gasteiger partial charge in [-0.05, 0) is 25.5 Å². The Hall–Kier alpha value is -2.35. The van der Waals surface area contributed by atoms with Gasteiger partial charge in [0.05, 0.1) is 22.5 Å². The third kappa shape index (κ3) is 3.60. The van der Waals surface area contributed by atoms with Crippen molar-refractivity contribution >= 4 is 15.8 Å². The number of imidazole rings is 1. The average molecular weight is 375 g/mol. The monoisotopic (exact) mass is 375 g/mol. The minimum absolute atomic E-state index is 0.145. The molecule has 1 fully saturated rings. The molecule has 140 valence electrons. The van der Waals surface area contributed by atoms with E-state index in [-0.39, 0.29) is 5.75 Å². The molecule has 0 spiro atoms. The second kappa shape index (κ2) is 7.11. The maximum absolute atomic E-state index is 12.2. The van der Waals surface area contributed by atoms with Gasteiger partial charge in [0.25, 0.3) is 0 Å². The number of guanidine groups is 1. The molecule has 0 radical (unpaired) electrons. The van der Waals surface area contributed by atoms with Crippen LogP contribution in [0.3, 0.4) is 0 Å². The smallest absolute Gasteiger partial charge is 0.193 e. The molecule has 0 bridgehead atoms. The number of benzene rings is 1. The number of hydrogen-bond acceptors (Lipinski definition) is 4. The van der Waals surface area contributed by atoms with Gasteiger partial charge >= 0.3 is 0 Å². The summed E-state index contributed by atoms with van der Waals surface area (Å²) >= 11 is 0. The summed E-state index contributed by atoms with van der Waals surface area (Å²) in [6, 6.07) is 8.08. The molecule has 1 aromatic carbocycles. The summed E-state index contributed by atoms with van der Waals surface area (Å²) in [6.45, 7) is 5.02. The van der Waals surface area contributed by atoms with Gasteiger partial charge in [0.1, 0.15) is 0 Å². The Morgan fingerprint density at radius 3 is 2.77 bits per heavy atom. The van der Waals surface area contributed by atoms with Crippen LogP contribution in [0.2, 0.25) is 0 Å². The van der Waals surface area contributed by atoms with E-state index in [0.29, 0.717) is 25.6 Å². The van der Waals surface area contributed by atoms with E-state index in [1.807, 2.05) is 33.9 Å². The Morgan fingerprint density at radius 1 is 1.35 bits per heavy atom. The molecule has 7 nitrogen and oxygen atoms in total. The topological polar surface area (TPSA) is 79.6 Å². The standard InChI is InChI=1S/C18H25N5O2S/c1-18(2)13-22(10-11-26(18,24)25)17(19-3)21-12-15-6-4-5-7-16(15)23-9-8-20-14-23/h4-9,14H,10-13H2,1-3H3,(H,19,21). The van der Waals surface area contributed by atoms with Crippen molar-refractivity contribution in [3.63, 3.8) is 0 Å². The molecule has 0 aliphatic carbocycles. The Labute approximate surface area is 154 Å². The number of aromatic nitrogens is 2. The van der Waals surface area contributed by atoms with E-state index in [0.717, 1.165) is 11.3 Å². The first-order valence-electron chi connectivity index (χ1n) is 8.58. The summed E-state index contributed by atoms with van der Waals surface area (Å²) in [5.41, 5.74) is 2.16. The SMILES string of the molecule is CN=C(NCc1ccccc1-n1ccnc1)N1CCS(=O)(=O)C(C)(C)C1. The summed E-state index contributed by atoms with van der Waals surface area (Å²) in [5.74, 6) is 0.861. The van der Waals surface area contributed by atoms with Crippen molar-refractivity contribution in [1.82, 2.24) is 19.8 Å². The highest BCUT2D eigenvalue weighted by Crippen LogP contribution is 2.24. The Bertz CT molecular complexity index is 888. The quantitative estimate of drug-likeness (QED) is 0.649. The minimum Gasteiger partial charge on any atom is -0.352 e. The predicted octanol–water partition coefficient (Wildman–Crippen LogP) is 1.46. The lowest BCUT2D eigenvalue weighted by Gasteiger charge is -2.39. The Kier molecular flexibility index (Phi) is 5.04. The molecular weight excluding hydrogens is 350 g/mol. The first kappa shape index (κ1) is 18.4. The molecule has 8 heteroatoms. The average Bonchev–Trinajstić information content (AvgIpc) is 3.13. The van der Waals surface area contributed by atoms with Crippen LogP contribution in [0, 0.1) is 0 Å². The van der Waals surface area contributed by atoms with E-state index in [9.17, 15) is 8.42 Å². The predicted molar refractivity (Wildman–Crippen MR) is 103 cm³/mol. The van der Waals surface area contributed by atoms with Crippen molar-refractivity contribution in [1.29, 1.82) is 0 Å². The summed E-state index contributed by atoms with van der Waals surface area (Å²) in [5, 5.41) is 3.37. The molecular formula is C18H25N5O2S. The largest absolute Gasteiger partial charge is 0.352 e. The van der Waals surface area contributed by atoms with Crippen molar-refractivity contribution in [3.8, 4) is 5.69 Å². The van der Waals surface area contributed by atoms with Crippen molar-refractivity contribution in [3.05, 3.63) is 48.5 Å². The second-order valence-corrected chi connectivity index (χ2v) is 9.74. The van der Waals surface area contributed by atoms with Crippen LogP contribution in [0.5, 0.6) is 0 Å². The lowest BCUT2D eigenvalue weighted by atomic mass is 10.1. The van der Waals surface area contributed by atoms with Crippen LogP contribution >= 0.6 is 0 Å². The van der Waals surface area contributed by atoms with Gasteiger partial charge in [-0.2, -0.15) is 0 Å². The van der Waals surface area contributed by atoms with Crippen LogP contribution in [-0.2, 0) is 16.4 Å². The van der Waals surface area contributed by atoms with Gasteiger partial charge in [-0.3, -0.25) is 4.99 Å². The molecule has 26 heavy (non-hydrogen) atoms. The molecule has 2 aromatic rings. The van der Waals surface area contributed by atoms with Gasteiger partial charge in [-0.15, -0.1) is 0 Å². The third-order valence-corrected chi connectivity index (χ3v) is 7.30. The van der Waals surface area contributed by atoms with E-state index in [2.05, 4.69) is 21.4 Å². The number of nitrogens with one attached hydrogen (secondary N) is 1. The molecule has 1 N–H and O–H groups in total. The second-order valence-electron chi connectivity index (χ2n) is 7.00. The van der Waals surface area contributed by atoms with E-state index < -0.39 is 14.6 Å². The number of nitrogens with zero attached hydrogens (tertiary/aromatic N) is 4. The third-order valence-electron chi connectivity index (χ3n) is 4.77. The molecule has 2 heterocycles. The van der Waals surface area contributed by atoms with Gasteiger partial charge < -0.3 is 14.8 Å². The number of para-hydroxylation sites is 1. The minimum atomic E-state index is -3.07. The molecule has 1 aromatic heterocycles. The first-order chi connectivity index (χ1) is 12.3. The lowest BCUT2D eigenvalue weighted by Crippen LogP contribution is -2.57. The van der Waals surface area contributed by atoms with Gasteiger partial charge in [-0.25, -0.2) is 13.4 Å². The Balaban J connectivity index is 1.74. The molecule has 0 amide bonds. The van der Waals surface area contributed by atoms with E-state index >= 15 is 0 Å². The maximum atomic E-state index is 12.2. The summed E-state index contributed by atoms with van der Waals surface area (Å²) in [7, 11) is -1.35. The molecule has 1 aliphatic rings. The normalized spacial score (nSPS) is 19.3. The van der Waals surface area contributed by atoms with Crippen LogP contribution in [0.25, 0.3) is 5.69 Å². The molecule has 3 rings (SSSR count). The van der Waals surface area contributed by atoms with E-state index in [4.69, 9.17) is 0 Å². The van der Waals surface area contributed by atoms with E-state index in [1.54, 1.807) is 33.4 Å². The number of rotatable bonds is 3. The van der Waals surface area contributed by atoms with Gasteiger partial charge in [-0.1, -0.05) is 18.2 Å². The zero-order valence-corrected chi connectivity index (χ0v) is 16.2. The van der Waals surface area contributed by atoms with Crippen LogP contribution in [0.1, 0.15) is 19.4 Å². The highest BCUT2D eigenvalue weighted by Gasteiger charge is 2.40. The fourth-order valence-corrected chi connectivity index (χ4v) is 4.51. The highest BCUT2D eigenvalue weighted by atomic mass is 32.2. The summed E-state index contributed by atoms with van der Waals surface area (Å²) in [4.78, 5) is 10.5. The fraction of sp³-hybridized carbons (Fsp3) is 0.444. The first-order valence-corrected chi connectivity index (χ1v) is 10.2. The van der Waals surface area contributed by atoms with Crippen LogP contribution < -0.4 is 5.32 Å². The van der Waals surface area contributed by atoms with Crippen molar-refractivity contribution in [2.75, 3.05) is 25.9 Å². The zero-order valence-electron chi connectivity index (χ0n) is 15.4. The van der Waals surface area contributed by atoms with E-state index in [1.165, 1.54) is 0 Å². The Morgan fingerprint density at radius 2 is 2.12 bits per heavy atom. The van der Waals surface area contributed by atoms with Crippen LogP contribution in [0.15, 0.2) is 48.0 Å². The van der Waals surface area contributed by atoms with Gasteiger partial charge in [0.2, 0.25) is 0 Å². The lowest BCUT2D eigenvalue weighted by molar-refractivity contribution is 0.353. The van der Waals surface area contributed by atoms with Crippen molar-refractivity contribution in [2.45, 2.75) is 25.1 Å². The number of hydrogen-bond donors (Lipinski definition) is 1. The summed E-state index contributed by atoms with van der Waals surface area (Å²) in [6.07, 6.45) is 5.43. The highest BCUT2D eigenvalue weighted by molar-refractivity contribution is 7.92. The van der Waals surface area contributed by atoms with Crippen molar-refractivity contribution < 1.29 is 8.42 Å². The molecule has 0 saturated carbocycles. The van der Waals surface area contributed by atoms with Crippen molar-refractivity contribution in [2.24, 2.45) is 4.99 Å². The summed E-state index contributed by atoms with van der Waals surface area (Å²) < 4.78 is 25.6. The molecule has 1 saturated heterocycles. The number of aliphatic imine (C=N–C) groups is 1. The van der Waals surface area contributed by atoms with Crippen LogP contribution in [0.4, 0.5) is 0 Å². The number of sulfone groups is 1. The van der Waals surface area contributed by atoms with Gasteiger partial charge in [0.15, 0.2) is 15.8 Å².